The summed E-state index contributed by atoms with van der Waals surface area (Å²) in [5, 5.41) is 4.34. The van der Waals surface area contributed by atoms with Gasteiger partial charge in [-0.05, 0) is 49.6 Å². The van der Waals surface area contributed by atoms with Crippen molar-refractivity contribution in [2.45, 2.75) is 33.6 Å². The van der Waals surface area contributed by atoms with E-state index in [0.717, 1.165) is 22.7 Å². The number of rotatable bonds is 5. The number of hydrogen-bond acceptors (Lipinski definition) is 4. The minimum Gasteiger partial charge on any atom is -0.497 e. The summed E-state index contributed by atoms with van der Waals surface area (Å²) in [4.78, 5) is 12.3. The number of ether oxygens (including phenoxy) is 2. The van der Waals surface area contributed by atoms with Gasteiger partial charge >= 0.3 is 0 Å². The van der Waals surface area contributed by atoms with Crippen LogP contribution in [0.1, 0.15) is 41.5 Å². The van der Waals surface area contributed by atoms with Gasteiger partial charge < -0.3 is 9.47 Å². The second-order valence-corrected chi connectivity index (χ2v) is 5.51. The molecule has 0 aliphatic rings. The van der Waals surface area contributed by atoms with E-state index in [4.69, 9.17) is 9.47 Å². The molecule has 1 aromatic heterocycles. The zero-order chi connectivity index (χ0) is 16.3. The Bertz CT molecular complexity index is 657. The molecule has 1 aromatic carbocycles. The van der Waals surface area contributed by atoms with E-state index in [1.807, 2.05) is 13.8 Å². The molecule has 22 heavy (non-hydrogen) atoms. The summed E-state index contributed by atoms with van der Waals surface area (Å²) in [7, 11) is 1.61. The Hall–Kier alpha value is -2.30. The van der Waals surface area contributed by atoms with Gasteiger partial charge in [-0.2, -0.15) is 5.10 Å². The summed E-state index contributed by atoms with van der Waals surface area (Å²) in [6.45, 7) is 7.99. The Labute approximate surface area is 130 Å². The molecule has 0 saturated heterocycles. The number of nitrogens with zero attached hydrogens (tertiary/aromatic N) is 2. The van der Waals surface area contributed by atoms with Gasteiger partial charge in [0.1, 0.15) is 11.5 Å². The van der Waals surface area contributed by atoms with E-state index in [1.165, 1.54) is 4.68 Å². The first-order valence-electron chi connectivity index (χ1n) is 7.30. The molecule has 0 saturated carbocycles. The number of carbonyl (C=O) groups excluding carboxylic acids is 1. The van der Waals surface area contributed by atoms with E-state index in [2.05, 4.69) is 18.9 Å². The molecule has 1 heterocycles. The van der Waals surface area contributed by atoms with Crippen molar-refractivity contribution in [1.82, 2.24) is 9.78 Å². The lowest BCUT2D eigenvalue weighted by molar-refractivity contribution is 0.0818. The fourth-order valence-electron chi connectivity index (χ4n) is 2.61. The second kappa shape index (κ2) is 6.64. The fourth-order valence-corrected chi connectivity index (χ4v) is 2.61. The lowest BCUT2D eigenvalue weighted by Crippen LogP contribution is -2.21. The van der Waals surface area contributed by atoms with Crippen LogP contribution in [0.3, 0.4) is 0 Å². The number of aromatic nitrogens is 2. The number of aryl methyl sites for hydroxylation is 1. The van der Waals surface area contributed by atoms with Gasteiger partial charge in [0.2, 0.25) is 0 Å². The van der Waals surface area contributed by atoms with Crippen LogP contribution in [-0.2, 0) is 0 Å². The van der Waals surface area contributed by atoms with Crippen LogP contribution in [0.2, 0.25) is 0 Å². The zero-order valence-electron chi connectivity index (χ0n) is 13.7. The summed E-state index contributed by atoms with van der Waals surface area (Å²) >= 11 is 0. The smallest absolute Gasteiger partial charge is 0.284 e. The van der Waals surface area contributed by atoms with Crippen molar-refractivity contribution < 1.29 is 14.3 Å². The molecule has 0 N–H and O–H groups in total. The highest BCUT2D eigenvalue weighted by Crippen LogP contribution is 2.22. The molecule has 0 fully saturated rings. The van der Waals surface area contributed by atoms with Crippen molar-refractivity contribution in [2.24, 2.45) is 0 Å². The Balaban J connectivity index is 2.07. The highest BCUT2D eigenvalue weighted by atomic mass is 16.5. The number of methoxy groups -OCH3 is 1. The molecule has 0 aliphatic carbocycles. The molecular weight excluding hydrogens is 280 g/mol. The summed E-state index contributed by atoms with van der Waals surface area (Å²) in [6, 6.07) is 7.12. The van der Waals surface area contributed by atoms with E-state index in [-0.39, 0.29) is 12.5 Å². The lowest BCUT2D eigenvalue weighted by Gasteiger charge is -2.08. The van der Waals surface area contributed by atoms with Crippen LogP contribution in [0.15, 0.2) is 24.3 Å². The number of carbonyl (C=O) groups is 1. The van der Waals surface area contributed by atoms with Crippen LogP contribution in [0.5, 0.6) is 11.5 Å². The van der Waals surface area contributed by atoms with E-state index in [9.17, 15) is 4.79 Å². The Morgan fingerprint density at radius 1 is 1.18 bits per heavy atom. The second-order valence-electron chi connectivity index (χ2n) is 5.51. The zero-order valence-corrected chi connectivity index (χ0v) is 13.7. The lowest BCUT2D eigenvalue weighted by atomic mass is 10.0. The maximum absolute atomic E-state index is 12.3. The highest BCUT2D eigenvalue weighted by molar-refractivity contribution is 5.80. The number of hydrogen-bond donors (Lipinski definition) is 0. The molecule has 0 atom stereocenters. The first-order valence-corrected chi connectivity index (χ1v) is 7.30. The first-order chi connectivity index (χ1) is 10.4. The molecule has 5 heteroatoms. The van der Waals surface area contributed by atoms with E-state index in [0.29, 0.717) is 11.7 Å². The normalized spacial score (nSPS) is 10.8. The van der Waals surface area contributed by atoms with Crippen molar-refractivity contribution >= 4 is 5.91 Å². The molecule has 2 aromatic rings. The summed E-state index contributed by atoms with van der Waals surface area (Å²) in [5.74, 6) is 1.53. The molecule has 5 nitrogen and oxygen atoms in total. The SMILES string of the molecule is COc1ccc(OCC(=O)n2nc(C)c(C(C)C)c2C)cc1. The predicted octanol–water partition coefficient (Wildman–Crippen LogP) is 3.35. The molecular formula is C17H22N2O3. The molecule has 0 aliphatic heterocycles. The fraction of sp³-hybridized carbons (Fsp3) is 0.412. The Morgan fingerprint density at radius 3 is 2.27 bits per heavy atom. The van der Waals surface area contributed by atoms with Crippen molar-refractivity contribution in [3.05, 3.63) is 41.2 Å². The van der Waals surface area contributed by atoms with Crippen molar-refractivity contribution in [2.75, 3.05) is 13.7 Å². The minimum absolute atomic E-state index is 0.0498. The molecule has 2 rings (SSSR count). The monoisotopic (exact) mass is 302 g/mol. The molecule has 0 spiro atoms. The van der Waals surface area contributed by atoms with Crippen LogP contribution in [0.4, 0.5) is 0 Å². The van der Waals surface area contributed by atoms with Crippen molar-refractivity contribution in [3.63, 3.8) is 0 Å². The van der Waals surface area contributed by atoms with E-state index in [1.54, 1.807) is 31.4 Å². The van der Waals surface area contributed by atoms with E-state index >= 15 is 0 Å². The quantitative estimate of drug-likeness (QED) is 0.850. The molecule has 0 bridgehead atoms. The van der Waals surface area contributed by atoms with Gasteiger partial charge in [-0.1, -0.05) is 13.8 Å². The average molecular weight is 302 g/mol. The van der Waals surface area contributed by atoms with Gasteiger partial charge in [0, 0.05) is 5.69 Å². The van der Waals surface area contributed by atoms with Gasteiger partial charge in [0.05, 0.1) is 12.8 Å². The van der Waals surface area contributed by atoms with E-state index < -0.39 is 0 Å². The third kappa shape index (κ3) is 3.30. The van der Waals surface area contributed by atoms with Gasteiger partial charge in [-0.3, -0.25) is 4.79 Å². The maximum Gasteiger partial charge on any atom is 0.284 e. The molecule has 0 amide bonds. The molecule has 0 unspecified atom stereocenters. The highest BCUT2D eigenvalue weighted by Gasteiger charge is 2.18. The number of benzene rings is 1. The topological polar surface area (TPSA) is 53.4 Å². The molecule has 0 radical (unpaired) electrons. The third-order valence-corrected chi connectivity index (χ3v) is 3.58. The first kappa shape index (κ1) is 16.1. The summed E-state index contributed by atoms with van der Waals surface area (Å²) in [6.07, 6.45) is 0. The average Bonchev–Trinajstić information content (AvgIpc) is 2.80. The summed E-state index contributed by atoms with van der Waals surface area (Å²) < 4.78 is 12.0. The predicted molar refractivity (Wildman–Crippen MR) is 84.9 cm³/mol. The van der Waals surface area contributed by atoms with Crippen LogP contribution >= 0.6 is 0 Å². The largest absolute Gasteiger partial charge is 0.497 e. The van der Waals surface area contributed by atoms with Crippen LogP contribution in [0.25, 0.3) is 0 Å². The van der Waals surface area contributed by atoms with Crippen LogP contribution in [-0.4, -0.2) is 29.4 Å². The maximum atomic E-state index is 12.3. The standard InChI is InChI=1S/C17H22N2O3/c1-11(2)17-12(3)18-19(13(17)4)16(20)10-22-15-8-6-14(21-5)7-9-15/h6-9,11H,10H2,1-5H3. The molecule has 118 valence electrons. The van der Waals surface area contributed by atoms with Gasteiger partial charge in [0.25, 0.3) is 5.91 Å². The Morgan fingerprint density at radius 2 is 1.77 bits per heavy atom. The van der Waals surface area contributed by atoms with Gasteiger partial charge in [0.15, 0.2) is 6.61 Å². The van der Waals surface area contributed by atoms with Crippen LogP contribution < -0.4 is 9.47 Å². The van der Waals surface area contributed by atoms with Gasteiger partial charge in [-0.25, -0.2) is 4.68 Å². The third-order valence-electron chi connectivity index (χ3n) is 3.58. The van der Waals surface area contributed by atoms with Crippen molar-refractivity contribution in [3.8, 4) is 11.5 Å². The van der Waals surface area contributed by atoms with Gasteiger partial charge in [-0.15, -0.1) is 0 Å². The summed E-state index contributed by atoms with van der Waals surface area (Å²) in [5.41, 5.74) is 2.90. The Kier molecular flexibility index (Phi) is 4.85. The minimum atomic E-state index is -0.177. The van der Waals surface area contributed by atoms with Crippen LogP contribution in [0, 0.1) is 13.8 Å². The van der Waals surface area contributed by atoms with Crippen molar-refractivity contribution in [1.29, 1.82) is 0 Å².